The first-order chi connectivity index (χ1) is 8.03. The summed E-state index contributed by atoms with van der Waals surface area (Å²) in [6.45, 7) is 2.76. The highest BCUT2D eigenvalue weighted by molar-refractivity contribution is 5.04. The lowest BCUT2D eigenvalue weighted by Gasteiger charge is -2.19. The van der Waals surface area contributed by atoms with E-state index in [1.54, 1.807) is 0 Å². The van der Waals surface area contributed by atoms with Gasteiger partial charge in [0.15, 0.2) is 0 Å². The number of alkyl halides is 3. The molecular weight excluding hydrogens is 227 g/mol. The van der Waals surface area contributed by atoms with Crippen molar-refractivity contribution in [2.24, 2.45) is 17.8 Å². The lowest BCUT2D eigenvalue weighted by Crippen LogP contribution is -2.33. The Bertz CT molecular complexity index is 240. The summed E-state index contributed by atoms with van der Waals surface area (Å²) >= 11 is 0. The summed E-state index contributed by atoms with van der Waals surface area (Å²) in [5.41, 5.74) is 0. The van der Waals surface area contributed by atoms with Crippen molar-refractivity contribution in [3.05, 3.63) is 0 Å². The molecule has 0 heterocycles. The largest absolute Gasteiger partial charge is 0.389 e. The van der Waals surface area contributed by atoms with Gasteiger partial charge in [-0.05, 0) is 43.6 Å². The quantitative estimate of drug-likeness (QED) is 0.782. The molecule has 17 heavy (non-hydrogen) atoms. The van der Waals surface area contributed by atoms with Gasteiger partial charge >= 0.3 is 6.18 Å². The molecule has 0 aromatic heterocycles. The minimum absolute atomic E-state index is 0.0923. The second-order valence-electron chi connectivity index (χ2n) is 5.51. The van der Waals surface area contributed by atoms with E-state index >= 15 is 0 Å². The minimum atomic E-state index is -4.01. The van der Waals surface area contributed by atoms with Crippen LogP contribution in [-0.2, 0) is 0 Å². The van der Waals surface area contributed by atoms with Crippen molar-refractivity contribution in [2.75, 3.05) is 6.54 Å². The Balaban J connectivity index is 1.85. The third-order valence-electron chi connectivity index (χ3n) is 4.39. The Morgan fingerprint density at radius 3 is 2.24 bits per heavy atom. The summed E-state index contributed by atoms with van der Waals surface area (Å²) in [5.74, 6) is 1.97. The maximum atomic E-state index is 12.3. The molecule has 1 nitrogen and oxygen atoms in total. The summed E-state index contributed by atoms with van der Waals surface area (Å²) in [4.78, 5) is 0. The van der Waals surface area contributed by atoms with Gasteiger partial charge in [0.1, 0.15) is 0 Å². The Morgan fingerprint density at radius 1 is 1.18 bits per heavy atom. The fraction of sp³-hybridized carbons (Fsp3) is 1.00. The molecule has 2 aliphatic rings. The number of fused-ring (bicyclic) bond motifs is 1. The van der Waals surface area contributed by atoms with Crippen molar-refractivity contribution in [3.63, 3.8) is 0 Å². The zero-order valence-corrected chi connectivity index (χ0v) is 10.4. The third kappa shape index (κ3) is 3.36. The van der Waals surface area contributed by atoms with Crippen molar-refractivity contribution < 1.29 is 13.2 Å². The predicted molar refractivity (Wildman–Crippen MR) is 61.7 cm³/mol. The molecule has 0 amide bonds. The Kier molecular flexibility index (Phi) is 4.01. The molecule has 2 fully saturated rings. The highest BCUT2D eigenvalue weighted by Crippen LogP contribution is 2.57. The molecule has 0 aromatic rings. The zero-order chi connectivity index (χ0) is 12.5. The normalized spacial score (nSPS) is 34.2. The molecule has 2 rings (SSSR count). The van der Waals surface area contributed by atoms with Gasteiger partial charge in [0.05, 0.1) is 0 Å². The van der Waals surface area contributed by atoms with Crippen LogP contribution in [0.25, 0.3) is 0 Å². The molecule has 0 bridgehead atoms. The molecule has 100 valence electrons. The van der Waals surface area contributed by atoms with E-state index in [2.05, 4.69) is 5.32 Å². The molecule has 4 heteroatoms. The minimum Gasteiger partial charge on any atom is -0.314 e. The Morgan fingerprint density at radius 2 is 1.76 bits per heavy atom. The zero-order valence-electron chi connectivity index (χ0n) is 10.4. The van der Waals surface area contributed by atoms with Crippen LogP contribution in [0.3, 0.4) is 0 Å². The molecule has 2 aliphatic carbocycles. The molecule has 0 radical (unpaired) electrons. The predicted octanol–water partition coefficient (Wildman–Crippen LogP) is 3.74. The van der Waals surface area contributed by atoms with Crippen molar-refractivity contribution in [1.82, 2.24) is 5.32 Å². The lowest BCUT2D eigenvalue weighted by molar-refractivity contribution is -0.137. The number of halogens is 3. The van der Waals surface area contributed by atoms with Crippen LogP contribution in [0.4, 0.5) is 13.2 Å². The number of rotatable bonds is 5. The van der Waals surface area contributed by atoms with Crippen molar-refractivity contribution in [3.8, 4) is 0 Å². The monoisotopic (exact) mass is 249 g/mol. The van der Waals surface area contributed by atoms with Gasteiger partial charge in [-0.25, -0.2) is 0 Å². The van der Waals surface area contributed by atoms with Crippen molar-refractivity contribution >= 4 is 0 Å². The van der Waals surface area contributed by atoms with Crippen LogP contribution < -0.4 is 5.32 Å². The molecule has 0 aliphatic heterocycles. The van der Waals surface area contributed by atoms with E-state index in [1.807, 2.05) is 6.92 Å². The third-order valence-corrected chi connectivity index (χ3v) is 4.39. The average Bonchev–Trinajstić information content (AvgIpc) is 2.97. The highest BCUT2D eigenvalue weighted by Gasteiger charge is 2.53. The van der Waals surface area contributed by atoms with Crippen molar-refractivity contribution in [2.45, 2.75) is 57.7 Å². The van der Waals surface area contributed by atoms with Gasteiger partial charge in [-0.15, -0.1) is 0 Å². The van der Waals surface area contributed by atoms with E-state index in [1.165, 1.54) is 25.7 Å². The first-order valence-electron chi connectivity index (χ1n) is 6.83. The molecule has 0 aromatic carbocycles. The maximum absolute atomic E-state index is 12.3. The first-order valence-corrected chi connectivity index (χ1v) is 6.83. The van der Waals surface area contributed by atoms with E-state index < -0.39 is 12.6 Å². The topological polar surface area (TPSA) is 12.0 Å². The fourth-order valence-corrected chi connectivity index (χ4v) is 3.66. The van der Waals surface area contributed by atoms with Gasteiger partial charge in [-0.3, -0.25) is 0 Å². The van der Waals surface area contributed by atoms with Crippen molar-refractivity contribution in [1.29, 1.82) is 0 Å². The van der Waals surface area contributed by atoms with Gasteiger partial charge in [0.25, 0.3) is 0 Å². The highest BCUT2D eigenvalue weighted by atomic mass is 19.4. The van der Waals surface area contributed by atoms with Crippen LogP contribution in [0.2, 0.25) is 0 Å². The molecule has 3 unspecified atom stereocenters. The summed E-state index contributed by atoms with van der Waals surface area (Å²) in [6.07, 6.45) is 0.640. The molecule has 0 saturated heterocycles. The molecule has 1 N–H and O–H groups in total. The van der Waals surface area contributed by atoms with Crippen LogP contribution in [0.5, 0.6) is 0 Å². The molecular formula is C13H22F3N. The lowest BCUT2D eigenvalue weighted by atomic mass is 10.0. The summed E-state index contributed by atoms with van der Waals surface area (Å²) < 4.78 is 36.8. The Hall–Kier alpha value is -0.250. The number of hydrogen-bond acceptors (Lipinski definition) is 1. The Labute approximate surface area is 101 Å². The van der Waals surface area contributed by atoms with Crippen LogP contribution >= 0.6 is 0 Å². The van der Waals surface area contributed by atoms with E-state index in [9.17, 15) is 13.2 Å². The molecule has 2 saturated carbocycles. The summed E-state index contributed by atoms with van der Waals surface area (Å²) in [7, 11) is 0. The first kappa shape index (κ1) is 13.2. The van der Waals surface area contributed by atoms with Gasteiger partial charge in [0.2, 0.25) is 0 Å². The molecule has 0 spiro atoms. The van der Waals surface area contributed by atoms with Gasteiger partial charge in [-0.1, -0.05) is 19.8 Å². The maximum Gasteiger partial charge on any atom is 0.389 e. The van der Waals surface area contributed by atoms with Crippen LogP contribution in [0, 0.1) is 17.8 Å². The number of hydrogen-bond donors (Lipinski definition) is 1. The van der Waals surface area contributed by atoms with E-state index in [0.717, 1.165) is 18.4 Å². The summed E-state index contributed by atoms with van der Waals surface area (Å²) in [6, 6.07) is 0.0923. The van der Waals surface area contributed by atoms with E-state index in [4.69, 9.17) is 0 Å². The average molecular weight is 249 g/mol. The van der Waals surface area contributed by atoms with Crippen LogP contribution in [0.15, 0.2) is 0 Å². The van der Waals surface area contributed by atoms with Gasteiger partial charge < -0.3 is 5.32 Å². The fourth-order valence-electron chi connectivity index (χ4n) is 3.66. The van der Waals surface area contributed by atoms with E-state index in [0.29, 0.717) is 5.92 Å². The van der Waals surface area contributed by atoms with E-state index in [-0.39, 0.29) is 12.5 Å². The SMILES string of the molecule is CCNC(CCC(F)(F)F)C1C2CCCCC21. The van der Waals surface area contributed by atoms with Gasteiger partial charge in [-0.2, -0.15) is 13.2 Å². The summed E-state index contributed by atoms with van der Waals surface area (Å²) in [5, 5.41) is 3.27. The van der Waals surface area contributed by atoms with Crippen LogP contribution in [-0.4, -0.2) is 18.8 Å². The smallest absolute Gasteiger partial charge is 0.314 e. The second kappa shape index (κ2) is 5.17. The van der Waals surface area contributed by atoms with Crippen LogP contribution in [0.1, 0.15) is 45.4 Å². The second-order valence-corrected chi connectivity index (χ2v) is 5.51. The van der Waals surface area contributed by atoms with Gasteiger partial charge in [0, 0.05) is 12.5 Å². The molecule has 3 atom stereocenters. The standard InChI is InChI=1S/C13H22F3N/c1-2-17-11(7-8-13(14,15)16)12-9-5-3-4-6-10(9)12/h9-12,17H,2-8H2,1H3. The number of nitrogens with one attached hydrogen (secondary N) is 1.